The van der Waals surface area contributed by atoms with E-state index in [-0.39, 0.29) is 10.9 Å². The molecule has 4 nitrogen and oxygen atoms in total. The zero-order chi connectivity index (χ0) is 15.3. The molecule has 0 saturated carbocycles. The maximum atomic E-state index is 12.8. The third-order valence-electron chi connectivity index (χ3n) is 3.39. The van der Waals surface area contributed by atoms with E-state index in [9.17, 15) is 8.42 Å². The lowest BCUT2D eigenvalue weighted by atomic mass is 10.2. The number of sulfonamides is 1. The number of nitrogen functional groups attached to an aromatic ring is 1. The van der Waals surface area contributed by atoms with Gasteiger partial charge in [-0.25, -0.2) is 8.42 Å². The van der Waals surface area contributed by atoms with Crippen molar-refractivity contribution in [3.05, 3.63) is 22.7 Å². The fourth-order valence-corrected chi connectivity index (χ4v) is 3.94. The Labute approximate surface area is 130 Å². The summed E-state index contributed by atoms with van der Waals surface area (Å²) in [5.74, 6) is 0. The first kappa shape index (κ1) is 17.5. The second-order valence-electron chi connectivity index (χ2n) is 4.91. The van der Waals surface area contributed by atoms with Gasteiger partial charge in [0.2, 0.25) is 10.0 Å². The highest BCUT2D eigenvalue weighted by Gasteiger charge is 2.28. The minimum absolute atomic E-state index is 0.0172. The summed E-state index contributed by atoms with van der Waals surface area (Å²) in [6.07, 6.45) is 2.61. The Morgan fingerprint density at radius 3 is 2.50 bits per heavy atom. The van der Waals surface area contributed by atoms with E-state index < -0.39 is 10.0 Å². The van der Waals surface area contributed by atoms with Gasteiger partial charge in [0, 0.05) is 22.7 Å². The summed E-state index contributed by atoms with van der Waals surface area (Å²) in [7, 11) is -3.49. The van der Waals surface area contributed by atoms with Crippen molar-refractivity contribution >= 4 is 31.6 Å². The predicted octanol–water partition coefficient (Wildman–Crippen LogP) is 3.62. The molecule has 1 unspecified atom stereocenters. The fraction of sp³-hybridized carbons (Fsp3) is 0.571. The van der Waals surface area contributed by atoms with E-state index in [2.05, 4.69) is 22.9 Å². The standard InChI is InChI=1S/C14H23BrN2O2S/c1-4-6-9-17(11(3)5-2)20(18,19)12-7-8-13(15)14(16)10-12/h7-8,10-11H,4-6,9,16H2,1-3H3. The highest BCUT2D eigenvalue weighted by Crippen LogP contribution is 2.26. The molecule has 0 aliphatic carbocycles. The largest absolute Gasteiger partial charge is 0.398 e. The smallest absolute Gasteiger partial charge is 0.243 e. The van der Waals surface area contributed by atoms with Crippen molar-refractivity contribution in [2.24, 2.45) is 0 Å². The second-order valence-corrected chi connectivity index (χ2v) is 7.65. The van der Waals surface area contributed by atoms with Crippen LogP contribution in [-0.2, 0) is 10.0 Å². The molecule has 1 atom stereocenters. The van der Waals surface area contributed by atoms with E-state index in [0.29, 0.717) is 16.7 Å². The lowest BCUT2D eigenvalue weighted by molar-refractivity contribution is 0.324. The highest BCUT2D eigenvalue weighted by atomic mass is 79.9. The average molecular weight is 363 g/mol. The Morgan fingerprint density at radius 1 is 1.35 bits per heavy atom. The van der Waals surface area contributed by atoms with Crippen LogP contribution in [0.3, 0.4) is 0 Å². The minimum atomic E-state index is -3.49. The first-order valence-electron chi connectivity index (χ1n) is 6.91. The first-order chi connectivity index (χ1) is 9.34. The molecule has 1 aromatic carbocycles. The zero-order valence-corrected chi connectivity index (χ0v) is 14.7. The van der Waals surface area contributed by atoms with Gasteiger partial charge < -0.3 is 5.73 Å². The number of nitrogens with two attached hydrogens (primary N) is 1. The maximum Gasteiger partial charge on any atom is 0.243 e. The van der Waals surface area contributed by atoms with Gasteiger partial charge in [0.25, 0.3) is 0 Å². The van der Waals surface area contributed by atoms with E-state index in [1.54, 1.807) is 16.4 Å². The summed E-state index contributed by atoms with van der Waals surface area (Å²) in [5, 5.41) is 0. The molecule has 0 radical (unpaired) electrons. The van der Waals surface area contributed by atoms with Gasteiger partial charge in [0.1, 0.15) is 0 Å². The number of unbranched alkanes of at least 4 members (excludes halogenated alkanes) is 1. The quantitative estimate of drug-likeness (QED) is 0.753. The van der Waals surface area contributed by atoms with Gasteiger partial charge in [-0.15, -0.1) is 0 Å². The van der Waals surface area contributed by atoms with Crippen LogP contribution in [0.2, 0.25) is 0 Å². The summed E-state index contributed by atoms with van der Waals surface area (Å²) >= 11 is 3.28. The molecule has 0 aromatic heterocycles. The van der Waals surface area contributed by atoms with Gasteiger partial charge in [-0.1, -0.05) is 20.3 Å². The number of rotatable bonds is 7. The first-order valence-corrected chi connectivity index (χ1v) is 9.14. The Balaban J connectivity index is 3.17. The van der Waals surface area contributed by atoms with Crippen molar-refractivity contribution in [2.75, 3.05) is 12.3 Å². The van der Waals surface area contributed by atoms with Gasteiger partial charge in [-0.05, 0) is 53.9 Å². The molecule has 0 spiro atoms. The number of anilines is 1. The van der Waals surface area contributed by atoms with Crippen LogP contribution in [0.5, 0.6) is 0 Å². The molecule has 114 valence electrons. The number of hydrogen-bond acceptors (Lipinski definition) is 3. The number of benzene rings is 1. The van der Waals surface area contributed by atoms with E-state index >= 15 is 0 Å². The molecule has 0 heterocycles. The Kier molecular flexibility index (Phi) is 6.48. The van der Waals surface area contributed by atoms with Crippen LogP contribution in [0.25, 0.3) is 0 Å². The molecule has 0 aliphatic heterocycles. The molecule has 0 bridgehead atoms. The molecular formula is C14H23BrN2O2S. The number of halogens is 1. The third-order valence-corrected chi connectivity index (χ3v) is 6.12. The van der Waals surface area contributed by atoms with Crippen LogP contribution < -0.4 is 5.73 Å². The van der Waals surface area contributed by atoms with Gasteiger partial charge in [-0.2, -0.15) is 4.31 Å². The Morgan fingerprint density at radius 2 is 2.00 bits per heavy atom. The van der Waals surface area contributed by atoms with E-state index in [4.69, 9.17) is 5.73 Å². The molecule has 0 saturated heterocycles. The summed E-state index contributed by atoms with van der Waals surface area (Å²) in [4.78, 5) is 0.259. The lowest BCUT2D eigenvalue weighted by Crippen LogP contribution is -2.39. The van der Waals surface area contributed by atoms with Crippen LogP contribution in [-0.4, -0.2) is 25.3 Å². The van der Waals surface area contributed by atoms with Gasteiger partial charge in [0.15, 0.2) is 0 Å². The number of nitrogens with zero attached hydrogens (tertiary/aromatic N) is 1. The monoisotopic (exact) mass is 362 g/mol. The van der Waals surface area contributed by atoms with Crippen LogP contribution in [0.1, 0.15) is 40.0 Å². The van der Waals surface area contributed by atoms with Crippen molar-refractivity contribution in [1.82, 2.24) is 4.31 Å². The molecule has 0 fully saturated rings. The topological polar surface area (TPSA) is 63.4 Å². The zero-order valence-electron chi connectivity index (χ0n) is 12.3. The fourth-order valence-electron chi connectivity index (χ4n) is 1.91. The molecule has 6 heteroatoms. The normalized spacial score (nSPS) is 13.7. The molecule has 1 aromatic rings. The molecule has 20 heavy (non-hydrogen) atoms. The van der Waals surface area contributed by atoms with E-state index in [0.717, 1.165) is 19.3 Å². The Bertz CT molecular complexity index is 546. The van der Waals surface area contributed by atoms with Gasteiger partial charge in [0.05, 0.1) is 4.90 Å². The predicted molar refractivity (Wildman–Crippen MR) is 87.1 cm³/mol. The SMILES string of the molecule is CCCCN(C(C)CC)S(=O)(=O)c1ccc(Br)c(N)c1. The minimum Gasteiger partial charge on any atom is -0.398 e. The van der Waals surface area contributed by atoms with Gasteiger partial charge in [-0.3, -0.25) is 0 Å². The summed E-state index contributed by atoms with van der Waals surface area (Å²) in [5.41, 5.74) is 6.23. The van der Waals surface area contributed by atoms with Crippen molar-refractivity contribution in [3.8, 4) is 0 Å². The van der Waals surface area contributed by atoms with Crippen molar-refractivity contribution in [1.29, 1.82) is 0 Å². The van der Waals surface area contributed by atoms with Crippen molar-refractivity contribution in [3.63, 3.8) is 0 Å². The van der Waals surface area contributed by atoms with Crippen LogP contribution in [0, 0.1) is 0 Å². The van der Waals surface area contributed by atoms with E-state index in [1.807, 2.05) is 13.8 Å². The van der Waals surface area contributed by atoms with Crippen molar-refractivity contribution < 1.29 is 8.42 Å². The molecule has 2 N–H and O–H groups in total. The number of hydrogen-bond donors (Lipinski definition) is 1. The molecule has 0 amide bonds. The average Bonchev–Trinajstić information content (AvgIpc) is 2.41. The molecule has 1 rings (SSSR count). The lowest BCUT2D eigenvalue weighted by Gasteiger charge is -2.27. The van der Waals surface area contributed by atoms with Crippen molar-refractivity contribution in [2.45, 2.75) is 51.0 Å². The van der Waals surface area contributed by atoms with E-state index in [1.165, 1.54) is 6.07 Å². The summed E-state index contributed by atoms with van der Waals surface area (Å²) < 4.78 is 27.8. The van der Waals surface area contributed by atoms with Crippen LogP contribution in [0.15, 0.2) is 27.6 Å². The highest BCUT2D eigenvalue weighted by molar-refractivity contribution is 9.10. The Hall–Kier alpha value is -0.590. The molecular weight excluding hydrogens is 340 g/mol. The summed E-state index contributed by atoms with van der Waals surface area (Å²) in [6, 6.07) is 4.77. The van der Waals surface area contributed by atoms with Crippen LogP contribution >= 0.6 is 15.9 Å². The van der Waals surface area contributed by atoms with Crippen LogP contribution in [0.4, 0.5) is 5.69 Å². The third kappa shape index (κ3) is 3.96. The summed E-state index contributed by atoms with van der Waals surface area (Å²) in [6.45, 7) is 6.54. The maximum absolute atomic E-state index is 12.8. The van der Waals surface area contributed by atoms with Gasteiger partial charge >= 0.3 is 0 Å². The molecule has 0 aliphatic rings. The second kappa shape index (κ2) is 7.43.